The molecule has 0 fully saturated rings. The fourth-order valence-electron chi connectivity index (χ4n) is 10.8. The van der Waals surface area contributed by atoms with Crippen LogP contribution in [0.4, 0.5) is 17.1 Å². The maximum absolute atomic E-state index is 2.41. The van der Waals surface area contributed by atoms with Crippen LogP contribution in [0.3, 0.4) is 0 Å². The van der Waals surface area contributed by atoms with Crippen LogP contribution in [0.25, 0.3) is 105 Å². The average Bonchev–Trinajstić information content (AvgIpc) is 3.83. The number of hydrogen-bond acceptors (Lipinski definition) is 1. The molecule has 0 amide bonds. The van der Waals surface area contributed by atoms with Gasteiger partial charge in [-0.05, 0) is 151 Å². The maximum Gasteiger partial charge on any atom is 0.0547 e. The van der Waals surface area contributed by atoms with Gasteiger partial charge in [-0.1, -0.05) is 224 Å². The molecule has 12 aromatic carbocycles. The Morgan fingerprint density at radius 1 is 0.230 bits per heavy atom. The van der Waals surface area contributed by atoms with E-state index in [2.05, 4.69) is 313 Å². The molecule has 0 radical (unpaired) electrons. The van der Waals surface area contributed by atoms with Gasteiger partial charge in [-0.3, -0.25) is 0 Å². The highest BCUT2D eigenvalue weighted by molar-refractivity contribution is 6.16. The van der Waals surface area contributed by atoms with E-state index in [1.807, 2.05) is 0 Å². The number of aromatic nitrogens is 1. The van der Waals surface area contributed by atoms with Gasteiger partial charge in [-0.15, -0.1) is 0 Å². The summed E-state index contributed by atoms with van der Waals surface area (Å²) in [5.74, 6) is 0. The van der Waals surface area contributed by atoms with E-state index in [0.717, 1.165) is 39.4 Å². The predicted molar refractivity (Wildman–Crippen MR) is 314 cm³/mol. The zero-order chi connectivity index (χ0) is 49.2. The van der Waals surface area contributed by atoms with Crippen molar-refractivity contribution in [2.24, 2.45) is 0 Å². The fourth-order valence-corrected chi connectivity index (χ4v) is 10.8. The highest BCUT2D eigenvalue weighted by Gasteiger charge is 2.20. The van der Waals surface area contributed by atoms with Gasteiger partial charge in [-0.25, -0.2) is 0 Å². The highest BCUT2D eigenvalue weighted by atomic mass is 15.1. The second-order valence-corrected chi connectivity index (χ2v) is 18.9. The van der Waals surface area contributed by atoms with Gasteiger partial charge < -0.3 is 9.47 Å². The van der Waals surface area contributed by atoms with Gasteiger partial charge in [0.2, 0.25) is 0 Å². The molecule has 0 aliphatic rings. The molecule has 0 N–H and O–H groups in total. The van der Waals surface area contributed by atoms with E-state index in [4.69, 9.17) is 0 Å². The molecule has 0 saturated carbocycles. The molecule has 0 atom stereocenters. The Labute approximate surface area is 433 Å². The third-order valence-electron chi connectivity index (χ3n) is 14.4. The van der Waals surface area contributed by atoms with Crippen molar-refractivity contribution in [1.29, 1.82) is 0 Å². The van der Waals surface area contributed by atoms with Crippen LogP contribution in [0.1, 0.15) is 0 Å². The molecule has 0 spiro atoms. The summed E-state index contributed by atoms with van der Waals surface area (Å²) in [6.45, 7) is 0. The average molecular weight is 943 g/mol. The Morgan fingerprint density at radius 3 is 1.14 bits per heavy atom. The minimum atomic E-state index is 1.07. The van der Waals surface area contributed by atoms with Crippen molar-refractivity contribution in [3.8, 4) is 83.6 Å². The number of nitrogens with zero attached hydrogens (tertiary/aromatic N) is 2. The first-order valence-corrected chi connectivity index (χ1v) is 25.4. The van der Waals surface area contributed by atoms with E-state index in [1.54, 1.807) is 0 Å². The van der Waals surface area contributed by atoms with E-state index >= 15 is 0 Å². The van der Waals surface area contributed by atoms with E-state index in [9.17, 15) is 0 Å². The Morgan fingerprint density at radius 2 is 0.581 bits per heavy atom. The molecule has 13 rings (SSSR count). The Balaban J connectivity index is 0.923. The summed E-state index contributed by atoms with van der Waals surface area (Å²) in [5, 5.41) is 2.49. The zero-order valence-corrected chi connectivity index (χ0v) is 40.8. The van der Waals surface area contributed by atoms with Gasteiger partial charge in [0.25, 0.3) is 0 Å². The van der Waals surface area contributed by atoms with Crippen molar-refractivity contribution in [2.45, 2.75) is 0 Å². The number of rotatable bonds is 11. The first-order valence-electron chi connectivity index (χ1n) is 25.4. The molecule has 13 aromatic rings. The summed E-state index contributed by atoms with van der Waals surface area (Å²) in [4.78, 5) is 2.41. The van der Waals surface area contributed by atoms with Gasteiger partial charge in [-0.2, -0.15) is 0 Å². The second kappa shape index (κ2) is 19.4. The van der Waals surface area contributed by atoms with Crippen LogP contribution < -0.4 is 4.90 Å². The topological polar surface area (TPSA) is 8.17 Å². The van der Waals surface area contributed by atoms with Crippen molar-refractivity contribution < 1.29 is 0 Å². The summed E-state index contributed by atoms with van der Waals surface area (Å²) in [7, 11) is 0. The molecule has 0 bridgehead atoms. The van der Waals surface area contributed by atoms with Gasteiger partial charge in [0.15, 0.2) is 0 Å². The number of hydrogen-bond donors (Lipinski definition) is 0. The molecule has 74 heavy (non-hydrogen) atoms. The van der Waals surface area contributed by atoms with Crippen LogP contribution in [0.15, 0.2) is 303 Å². The normalized spacial score (nSPS) is 11.2. The Hall–Kier alpha value is -9.76. The zero-order valence-electron chi connectivity index (χ0n) is 40.8. The van der Waals surface area contributed by atoms with Gasteiger partial charge in [0.05, 0.1) is 16.7 Å². The predicted octanol–water partition coefficient (Wildman–Crippen LogP) is 19.9. The lowest BCUT2D eigenvalue weighted by molar-refractivity contribution is 1.18. The number of anilines is 3. The van der Waals surface area contributed by atoms with Gasteiger partial charge in [0, 0.05) is 33.4 Å². The number of benzene rings is 12. The van der Waals surface area contributed by atoms with Crippen molar-refractivity contribution in [3.05, 3.63) is 303 Å². The van der Waals surface area contributed by atoms with Crippen molar-refractivity contribution >= 4 is 38.9 Å². The van der Waals surface area contributed by atoms with Crippen molar-refractivity contribution in [1.82, 2.24) is 4.57 Å². The number of para-hydroxylation sites is 3. The Bertz CT molecular complexity index is 4010. The van der Waals surface area contributed by atoms with E-state index in [1.165, 1.54) is 83.0 Å². The largest absolute Gasteiger partial charge is 0.310 e. The van der Waals surface area contributed by atoms with Gasteiger partial charge in [0.1, 0.15) is 0 Å². The summed E-state index contributed by atoms with van der Waals surface area (Å²) in [6, 6.07) is 110. The van der Waals surface area contributed by atoms with Crippen LogP contribution in [0.2, 0.25) is 0 Å². The molecular formula is C72H50N2. The maximum atomic E-state index is 2.41. The molecular weight excluding hydrogens is 893 g/mol. The highest BCUT2D eigenvalue weighted by Crippen LogP contribution is 2.45. The Kier molecular flexibility index (Phi) is 11.6. The van der Waals surface area contributed by atoms with E-state index < -0.39 is 0 Å². The van der Waals surface area contributed by atoms with Crippen LogP contribution in [0.5, 0.6) is 0 Å². The molecule has 0 unspecified atom stereocenters. The molecule has 0 saturated heterocycles. The molecule has 0 aliphatic carbocycles. The number of fused-ring (bicyclic) bond motifs is 3. The summed E-state index contributed by atoms with van der Waals surface area (Å²) >= 11 is 0. The smallest absolute Gasteiger partial charge is 0.0547 e. The van der Waals surface area contributed by atoms with Crippen LogP contribution >= 0.6 is 0 Å². The van der Waals surface area contributed by atoms with E-state index in [0.29, 0.717) is 0 Å². The summed E-state index contributed by atoms with van der Waals surface area (Å²) in [6.07, 6.45) is 0. The second-order valence-electron chi connectivity index (χ2n) is 18.9. The quantitative estimate of drug-likeness (QED) is 0.125. The van der Waals surface area contributed by atoms with Gasteiger partial charge >= 0.3 is 0 Å². The lowest BCUT2D eigenvalue weighted by atomic mass is 9.93. The molecule has 1 aromatic heterocycles. The molecule has 2 heteroatoms. The molecule has 1 heterocycles. The van der Waals surface area contributed by atoms with E-state index in [-0.39, 0.29) is 0 Å². The molecule has 0 aliphatic heterocycles. The first-order chi connectivity index (χ1) is 36.7. The lowest BCUT2D eigenvalue weighted by Crippen LogP contribution is -2.11. The molecule has 2 nitrogen and oxygen atoms in total. The van der Waals surface area contributed by atoms with Crippen molar-refractivity contribution in [3.63, 3.8) is 0 Å². The standard InChI is InChI=1S/C72H50N2/c1-5-19-51(20-6-1)54-35-37-55(38-36-54)56-39-43-64(44-40-56)73(65-45-41-57(42-46-65)62-49-60(52-21-7-2-8-22-52)48-61(50-62)53-23-9-3-10-24-53)69-32-15-13-29-66(69)58-25-17-26-59(47-58)67-31-18-34-71-72(67)68-30-14-16-33-70(68)74(71)63-27-11-4-12-28-63/h1-50H. The third-order valence-corrected chi connectivity index (χ3v) is 14.4. The third kappa shape index (κ3) is 8.45. The van der Waals surface area contributed by atoms with Crippen LogP contribution in [-0.4, -0.2) is 4.57 Å². The van der Waals surface area contributed by atoms with Crippen LogP contribution in [0, 0.1) is 0 Å². The minimum Gasteiger partial charge on any atom is -0.310 e. The first kappa shape index (κ1) is 44.2. The summed E-state index contributed by atoms with van der Waals surface area (Å²) < 4.78 is 2.39. The lowest BCUT2D eigenvalue weighted by Gasteiger charge is -2.28. The fraction of sp³-hybridized carbons (Fsp3) is 0. The van der Waals surface area contributed by atoms with Crippen LogP contribution in [-0.2, 0) is 0 Å². The SMILES string of the molecule is c1ccc(-c2ccc(-c3ccc(N(c4ccc(-c5cc(-c6ccccc6)cc(-c6ccccc6)c5)cc4)c4ccccc4-c4cccc(-c5cccc6c5c5ccccc5n6-c5ccccc5)c4)cc3)cc2)cc1. The summed E-state index contributed by atoms with van der Waals surface area (Å²) in [5.41, 5.74) is 23.3. The van der Waals surface area contributed by atoms with Crippen molar-refractivity contribution in [2.75, 3.05) is 4.90 Å². The monoisotopic (exact) mass is 942 g/mol. The minimum absolute atomic E-state index is 1.07. The molecule has 348 valence electrons.